The predicted octanol–water partition coefficient (Wildman–Crippen LogP) is 3.64. The summed E-state index contributed by atoms with van der Waals surface area (Å²) in [6, 6.07) is 15.1. The van der Waals surface area contributed by atoms with Crippen molar-refractivity contribution in [2.75, 3.05) is 26.3 Å². The van der Waals surface area contributed by atoms with Crippen LogP contribution in [0.4, 0.5) is 4.79 Å². The van der Waals surface area contributed by atoms with Gasteiger partial charge in [-0.3, -0.25) is 4.79 Å². The van der Waals surface area contributed by atoms with E-state index in [1.54, 1.807) is 13.8 Å². The van der Waals surface area contributed by atoms with E-state index in [0.717, 1.165) is 22.3 Å². The number of rotatable bonds is 7. The Morgan fingerprint density at radius 2 is 1.71 bits per heavy atom. The number of hydrogen-bond acceptors (Lipinski definition) is 5. The summed E-state index contributed by atoms with van der Waals surface area (Å²) in [6.45, 7) is 5.91. The Morgan fingerprint density at radius 3 is 2.29 bits per heavy atom. The van der Waals surface area contributed by atoms with Gasteiger partial charge in [-0.05, 0) is 42.5 Å². The Kier molecular flexibility index (Phi) is 7.12. The maximum atomic E-state index is 13.4. The number of carbonyl (C=O) groups is 3. The third-order valence-corrected chi connectivity index (χ3v) is 7.27. The van der Waals surface area contributed by atoms with Gasteiger partial charge in [-0.2, -0.15) is 0 Å². The van der Waals surface area contributed by atoms with E-state index < -0.39 is 29.6 Å². The fourth-order valence-corrected chi connectivity index (χ4v) is 5.00. The fourth-order valence-electron chi connectivity index (χ4n) is 5.00. The number of aliphatic carboxylic acids is 1. The lowest BCUT2D eigenvalue weighted by molar-refractivity contribution is -0.169. The number of carboxylic acids is 1. The van der Waals surface area contributed by atoms with Gasteiger partial charge in [-0.25, -0.2) is 9.59 Å². The van der Waals surface area contributed by atoms with Crippen LogP contribution in [0.2, 0.25) is 0 Å². The number of benzene rings is 2. The summed E-state index contributed by atoms with van der Waals surface area (Å²) in [5.41, 5.74) is 3.56. The third-order valence-electron chi connectivity index (χ3n) is 7.27. The van der Waals surface area contributed by atoms with Gasteiger partial charge in [0, 0.05) is 19.0 Å². The van der Waals surface area contributed by atoms with E-state index in [9.17, 15) is 19.5 Å². The molecule has 35 heavy (non-hydrogen) atoms. The van der Waals surface area contributed by atoms with Gasteiger partial charge in [-0.1, -0.05) is 55.5 Å². The van der Waals surface area contributed by atoms with Crippen LogP contribution in [-0.4, -0.2) is 66.4 Å². The number of ether oxygens (including phenoxy) is 2. The van der Waals surface area contributed by atoms with E-state index in [1.807, 2.05) is 31.2 Å². The van der Waals surface area contributed by atoms with Gasteiger partial charge in [0.15, 0.2) is 6.04 Å². The van der Waals surface area contributed by atoms with Crippen molar-refractivity contribution in [3.8, 4) is 11.1 Å². The first-order valence-electron chi connectivity index (χ1n) is 12.0. The topological polar surface area (TPSA) is 105 Å². The number of fused-ring (bicyclic) bond motifs is 3. The Balaban J connectivity index is 1.40. The molecule has 3 atom stereocenters. The molecule has 0 radical (unpaired) electrons. The molecule has 0 saturated carbocycles. The largest absolute Gasteiger partial charge is 0.480 e. The quantitative estimate of drug-likeness (QED) is 0.627. The summed E-state index contributed by atoms with van der Waals surface area (Å²) in [5, 5.41) is 12.4. The molecule has 2 N–H and O–H groups in total. The molecule has 1 aliphatic carbocycles. The number of alkyl carbamates (subject to hydrolysis) is 1. The fraction of sp³-hybridized carbons (Fsp3) is 0.444. The highest BCUT2D eigenvalue weighted by Gasteiger charge is 2.44. The van der Waals surface area contributed by atoms with Crippen molar-refractivity contribution < 1.29 is 29.0 Å². The number of carboxylic acid groups (broad SMARTS) is 1. The lowest BCUT2D eigenvalue weighted by Gasteiger charge is -2.41. The molecule has 8 nitrogen and oxygen atoms in total. The second-order valence-electron chi connectivity index (χ2n) is 9.45. The molecule has 0 aromatic heterocycles. The minimum Gasteiger partial charge on any atom is -0.480 e. The first-order chi connectivity index (χ1) is 16.8. The zero-order valence-corrected chi connectivity index (χ0v) is 20.3. The van der Waals surface area contributed by atoms with Crippen LogP contribution >= 0.6 is 0 Å². The second-order valence-corrected chi connectivity index (χ2v) is 9.45. The molecule has 1 saturated heterocycles. The highest BCUT2D eigenvalue weighted by Crippen LogP contribution is 2.44. The molecule has 2 aromatic rings. The van der Waals surface area contributed by atoms with Crippen molar-refractivity contribution in [2.24, 2.45) is 5.41 Å². The highest BCUT2D eigenvalue weighted by molar-refractivity contribution is 5.88. The van der Waals surface area contributed by atoms with Crippen molar-refractivity contribution in [1.82, 2.24) is 10.2 Å². The third kappa shape index (κ3) is 4.75. The van der Waals surface area contributed by atoms with Crippen molar-refractivity contribution in [3.05, 3.63) is 59.7 Å². The van der Waals surface area contributed by atoms with Crippen molar-refractivity contribution in [3.63, 3.8) is 0 Å². The van der Waals surface area contributed by atoms with Crippen LogP contribution < -0.4 is 5.32 Å². The monoisotopic (exact) mass is 480 g/mol. The van der Waals surface area contributed by atoms with Crippen LogP contribution in [0.1, 0.15) is 44.2 Å². The van der Waals surface area contributed by atoms with Gasteiger partial charge in [0.1, 0.15) is 6.61 Å². The molecular formula is C27H32N2O6. The van der Waals surface area contributed by atoms with Crippen LogP contribution in [0.15, 0.2) is 48.5 Å². The zero-order valence-electron chi connectivity index (χ0n) is 20.3. The van der Waals surface area contributed by atoms with E-state index in [2.05, 4.69) is 29.6 Å². The van der Waals surface area contributed by atoms with Crippen molar-refractivity contribution in [2.45, 2.75) is 45.3 Å². The van der Waals surface area contributed by atoms with Crippen LogP contribution in [0.25, 0.3) is 11.1 Å². The Hall–Kier alpha value is -3.39. The lowest BCUT2D eigenvalue weighted by atomic mass is 9.84. The van der Waals surface area contributed by atoms with Crippen molar-refractivity contribution >= 4 is 18.0 Å². The average molecular weight is 481 g/mol. The van der Waals surface area contributed by atoms with E-state index >= 15 is 0 Å². The highest BCUT2D eigenvalue weighted by atomic mass is 16.5. The standard InChI is InChI=1S/C27H32N2O6/c1-4-27(3,25(32)29-13-14-34-17(2)23(29)24(30)31)16-28-26(33)35-15-22-20-11-7-5-9-18(20)19-10-6-8-12-21(19)22/h5-12,17,22-23H,4,13-16H2,1-3H3,(H,28,33)(H,30,31). The average Bonchev–Trinajstić information content (AvgIpc) is 3.18. The summed E-state index contributed by atoms with van der Waals surface area (Å²) in [5.74, 6) is -1.48. The van der Waals surface area contributed by atoms with Crippen LogP contribution in [0, 0.1) is 5.41 Å². The molecule has 0 bridgehead atoms. The summed E-state index contributed by atoms with van der Waals surface area (Å²) >= 11 is 0. The van der Waals surface area contributed by atoms with E-state index in [1.165, 1.54) is 4.90 Å². The normalized spacial score (nSPS) is 20.9. The van der Waals surface area contributed by atoms with Crippen LogP contribution in [0.3, 0.4) is 0 Å². The van der Waals surface area contributed by atoms with Gasteiger partial charge in [-0.15, -0.1) is 0 Å². The Morgan fingerprint density at radius 1 is 1.11 bits per heavy atom. The number of morpholine rings is 1. The summed E-state index contributed by atoms with van der Waals surface area (Å²) in [6.07, 6.45) is -0.793. The smallest absolute Gasteiger partial charge is 0.407 e. The Labute approximate surface area is 205 Å². The SMILES string of the molecule is CCC(C)(CNC(=O)OCC1c2ccccc2-c2ccccc21)C(=O)N1CCOC(C)C1C(=O)O. The first-order valence-corrected chi connectivity index (χ1v) is 12.0. The maximum Gasteiger partial charge on any atom is 0.407 e. The lowest BCUT2D eigenvalue weighted by Crippen LogP contribution is -2.60. The minimum atomic E-state index is -1.10. The van der Waals surface area contributed by atoms with Crippen molar-refractivity contribution in [1.29, 1.82) is 0 Å². The van der Waals surface area contributed by atoms with E-state index in [0.29, 0.717) is 6.42 Å². The molecule has 186 valence electrons. The number of amides is 2. The number of carbonyl (C=O) groups excluding carboxylic acids is 2. The molecule has 0 spiro atoms. The van der Waals surface area contributed by atoms with Crippen LogP contribution in [-0.2, 0) is 19.1 Å². The number of nitrogens with zero attached hydrogens (tertiary/aromatic N) is 1. The zero-order chi connectivity index (χ0) is 25.2. The van der Waals surface area contributed by atoms with Gasteiger partial charge in [0.25, 0.3) is 0 Å². The van der Waals surface area contributed by atoms with Gasteiger partial charge >= 0.3 is 12.1 Å². The van der Waals surface area contributed by atoms with Crippen LogP contribution in [0.5, 0.6) is 0 Å². The van der Waals surface area contributed by atoms with E-state index in [-0.39, 0.29) is 38.1 Å². The molecule has 4 rings (SSSR count). The molecule has 3 unspecified atom stereocenters. The van der Waals surface area contributed by atoms with E-state index in [4.69, 9.17) is 9.47 Å². The minimum absolute atomic E-state index is 0.0388. The van der Waals surface area contributed by atoms with Gasteiger partial charge in [0.05, 0.1) is 18.1 Å². The summed E-state index contributed by atoms with van der Waals surface area (Å²) in [4.78, 5) is 39.2. The summed E-state index contributed by atoms with van der Waals surface area (Å²) < 4.78 is 11.0. The molecular weight excluding hydrogens is 448 g/mol. The molecule has 1 fully saturated rings. The van der Waals surface area contributed by atoms with Gasteiger partial charge < -0.3 is 24.8 Å². The first kappa shape index (κ1) is 24.7. The molecule has 2 amide bonds. The van der Waals surface area contributed by atoms with Gasteiger partial charge in [0.2, 0.25) is 5.91 Å². The number of nitrogens with one attached hydrogen (secondary N) is 1. The summed E-state index contributed by atoms with van der Waals surface area (Å²) in [7, 11) is 0. The Bertz CT molecular complexity index is 1070. The second kappa shape index (κ2) is 10.1. The molecule has 1 aliphatic heterocycles. The molecule has 2 aromatic carbocycles. The molecule has 1 heterocycles. The number of hydrogen-bond donors (Lipinski definition) is 2. The molecule has 2 aliphatic rings. The predicted molar refractivity (Wildman–Crippen MR) is 130 cm³/mol. The molecule has 8 heteroatoms. The maximum absolute atomic E-state index is 13.4.